The first kappa shape index (κ1) is 71.9. The highest BCUT2D eigenvalue weighted by Crippen LogP contribution is 2.43. The molecule has 430 valence electrons. The van der Waals surface area contributed by atoms with E-state index in [1.807, 2.05) is 21.1 Å². The van der Waals surface area contributed by atoms with Crippen molar-refractivity contribution in [2.45, 2.75) is 213 Å². The number of unbranched alkanes of at least 4 members (excludes halogenated alkanes) is 14. The molecule has 0 saturated heterocycles. The van der Waals surface area contributed by atoms with Crippen LogP contribution in [0.3, 0.4) is 0 Å². The third-order valence-electron chi connectivity index (χ3n) is 11.8. The highest BCUT2D eigenvalue weighted by Gasteiger charge is 2.27. The Morgan fingerprint density at radius 2 is 0.750 bits per heavy atom. The van der Waals surface area contributed by atoms with E-state index in [2.05, 4.69) is 160 Å². The van der Waals surface area contributed by atoms with Crippen molar-refractivity contribution in [1.29, 1.82) is 0 Å². The molecule has 0 saturated carbocycles. The van der Waals surface area contributed by atoms with Crippen LogP contribution >= 0.6 is 7.82 Å². The van der Waals surface area contributed by atoms with Gasteiger partial charge in [-0.05, 0) is 116 Å². The zero-order chi connectivity index (χ0) is 55.6. The molecule has 0 aromatic heterocycles. The van der Waals surface area contributed by atoms with Gasteiger partial charge in [0.05, 0.1) is 27.7 Å². The van der Waals surface area contributed by atoms with Crippen LogP contribution in [0.2, 0.25) is 0 Å². The number of carbonyl (C=O) groups is 2. The monoisotopic (exact) mass is 1070 g/mol. The molecule has 0 aliphatic heterocycles. The Hall–Kier alpha value is -4.11. The van der Waals surface area contributed by atoms with Crippen molar-refractivity contribution in [3.8, 4) is 0 Å². The van der Waals surface area contributed by atoms with Gasteiger partial charge in [-0.15, -0.1) is 0 Å². The Bertz CT molecular complexity index is 1790. The minimum Gasteiger partial charge on any atom is -0.462 e. The fourth-order valence-corrected chi connectivity index (χ4v) is 8.06. The van der Waals surface area contributed by atoms with Crippen LogP contribution in [0, 0.1) is 0 Å². The fourth-order valence-electron chi connectivity index (χ4n) is 7.31. The zero-order valence-electron chi connectivity index (χ0n) is 48.7. The number of phosphoric acid groups is 1. The van der Waals surface area contributed by atoms with E-state index >= 15 is 0 Å². The SMILES string of the molecule is CC/C=C\C/C=C\C/C=C\C/C=C\C/C=C\C/C=C\C/C=C\C/C=C\C/C=C\C/C=C\CCCCCCCCCCC(=O)OC(COC(=O)CCCCCCC/C=C\C/C=C\CCC)COP(=O)(O)OCC[N+](C)(C)C. The number of phosphoric ester groups is 1. The normalized spacial score (nSPS) is 14.3. The van der Waals surface area contributed by atoms with E-state index in [-0.39, 0.29) is 32.0 Å². The van der Waals surface area contributed by atoms with Crippen LogP contribution in [-0.2, 0) is 32.7 Å². The van der Waals surface area contributed by atoms with Crippen molar-refractivity contribution in [3.63, 3.8) is 0 Å². The molecule has 0 aromatic carbocycles. The quantitative estimate of drug-likeness (QED) is 0.0211. The first-order valence-electron chi connectivity index (χ1n) is 29.6. The first-order chi connectivity index (χ1) is 37.0. The van der Waals surface area contributed by atoms with E-state index in [1.165, 1.54) is 32.1 Å². The largest absolute Gasteiger partial charge is 0.472 e. The minimum absolute atomic E-state index is 0.0201. The smallest absolute Gasteiger partial charge is 0.462 e. The third-order valence-corrected chi connectivity index (χ3v) is 12.8. The number of rotatable bonds is 52. The molecular weight excluding hydrogens is 966 g/mol. The molecule has 0 aliphatic rings. The summed E-state index contributed by atoms with van der Waals surface area (Å²) in [6.45, 7) is 4.20. The molecule has 10 heteroatoms. The molecule has 0 spiro atoms. The maximum absolute atomic E-state index is 12.8. The Morgan fingerprint density at radius 3 is 1.12 bits per heavy atom. The van der Waals surface area contributed by atoms with E-state index in [9.17, 15) is 19.0 Å². The fraction of sp³-hybridized carbons (Fsp3) is 0.606. The molecule has 9 nitrogen and oxygen atoms in total. The minimum atomic E-state index is -4.40. The summed E-state index contributed by atoms with van der Waals surface area (Å²) in [7, 11) is 1.44. The Balaban J connectivity index is 4.13. The van der Waals surface area contributed by atoms with Gasteiger partial charge in [0, 0.05) is 12.8 Å². The molecule has 2 atom stereocenters. The molecule has 0 fully saturated rings. The molecule has 0 aromatic rings. The van der Waals surface area contributed by atoms with Crippen LogP contribution in [-0.4, -0.2) is 74.9 Å². The summed E-state index contributed by atoms with van der Waals surface area (Å²) < 4.78 is 34.5. The lowest BCUT2D eigenvalue weighted by atomic mass is 10.1. The summed E-state index contributed by atoms with van der Waals surface area (Å²) in [5.74, 6) is -0.835. The lowest BCUT2D eigenvalue weighted by molar-refractivity contribution is -0.870. The maximum Gasteiger partial charge on any atom is 0.472 e. The molecule has 2 unspecified atom stereocenters. The second-order valence-electron chi connectivity index (χ2n) is 20.3. The number of nitrogens with zero attached hydrogens (tertiary/aromatic N) is 1. The van der Waals surface area contributed by atoms with Gasteiger partial charge < -0.3 is 18.9 Å². The summed E-state index contributed by atoms with van der Waals surface area (Å²) in [4.78, 5) is 35.6. The van der Waals surface area contributed by atoms with Gasteiger partial charge in [-0.1, -0.05) is 224 Å². The van der Waals surface area contributed by atoms with Crippen LogP contribution in [0.4, 0.5) is 0 Å². The predicted molar refractivity (Wildman–Crippen MR) is 325 cm³/mol. The van der Waals surface area contributed by atoms with Crippen molar-refractivity contribution in [2.24, 2.45) is 0 Å². The van der Waals surface area contributed by atoms with Gasteiger partial charge in [0.2, 0.25) is 0 Å². The standard InChI is InChI=1S/C66H108NO8P/c1-6-8-10-12-14-16-18-20-21-22-23-24-25-26-27-28-29-30-31-32-33-34-35-36-37-38-39-40-41-42-43-44-45-47-49-51-53-55-57-59-66(69)75-64(63-74-76(70,71)73-61-60-67(3,4)5)62-72-65(68)58-56-54-52-50-48-46-19-17-15-13-11-9-7-2/h8,10-11,13-14,16-17,19-21,23-24,26-27,29-30,32-33,35-36,38-39,41-42,64H,6-7,9,12,15,18,22,25,28,31,34,37,40,43-63H2,1-5H3/p+1/b10-8-,13-11-,16-14-,19-17-,21-20-,24-23-,27-26-,30-29-,33-32-,36-35-,39-38-,42-41-. The van der Waals surface area contributed by atoms with Gasteiger partial charge >= 0.3 is 19.8 Å². The number of carbonyl (C=O) groups excluding carboxylic acids is 2. The van der Waals surface area contributed by atoms with Crippen molar-refractivity contribution in [2.75, 3.05) is 47.5 Å². The van der Waals surface area contributed by atoms with E-state index in [0.29, 0.717) is 23.9 Å². The highest BCUT2D eigenvalue weighted by atomic mass is 31.2. The lowest BCUT2D eigenvalue weighted by Crippen LogP contribution is -2.37. The molecule has 0 rings (SSSR count). The highest BCUT2D eigenvalue weighted by molar-refractivity contribution is 7.47. The first-order valence-corrected chi connectivity index (χ1v) is 31.1. The molecule has 0 bridgehead atoms. The second-order valence-corrected chi connectivity index (χ2v) is 21.7. The molecule has 0 radical (unpaired) electrons. The number of allylic oxidation sites excluding steroid dienone is 24. The van der Waals surface area contributed by atoms with Crippen molar-refractivity contribution >= 4 is 19.8 Å². The van der Waals surface area contributed by atoms with Gasteiger partial charge in [-0.2, -0.15) is 0 Å². The average molecular weight is 1080 g/mol. The van der Waals surface area contributed by atoms with E-state index < -0.39 is 26.5 Å². The second kappa shape index (κ2) is 55.6. The van der Waals surface area contributed by atoms with Crippen LogP contribution in [0.25, 0.3) is 0 Å². The van der Waals surface area contributed by atoms with Crippen LogP contribution in [0.5, 0.6) is 0 Å². The Kier molecular flexibility index (Phi) is 52.6. The number of esters is 2. The number of quaternary nitrogens is 1. The number of hydrogen-bond acceptors (Lipinski definition) is 7. The van der Waals surface area contributed by atoms with Crippen molar-refractivity contribution in [1.82, 2.24) is 0 Å². The van der Waals surface area contributed by atoms with Crippen molar-refractivity contribution in [3.05, 3.63) is 146 Å². The zero-order valence-corrected chi connectivity index (χ0v) is 49.6. The van der Waals surface area contributed by atoms with Crippen molar-refractivity contribution < 1.29 is 42.1 Å². The summed E-state index contributed by atoms with van der Waals surface area (Å²) in [5.41, 5.74) is 0. The van der Waals surface area contributed by atoms with E-state index in [4.69, 9.17) is 18.5 Å². The Labute approximate surface area is 465 Å². The van der Waals surface area contributed by atoms with Gasteiger partial charge in [0.1, 0.15) is 19.8 Å². The maximum atomic E-state index is 12.8. The lowest BCUT2D eigenvalue weighted by Gasteiger charge is -2.24. The molecule has 0 amide bonds. The number of ether oxygens (including phenoxy) is 2. The third kappa shape index (κ3) is 59.1. The summed E-state index contributed by atoms with van der Waals surface area (Å²) >= 11 is 0. The topological polar surface area (TPSA) is 108 Å². The molecular formula is C66H109NO8P+. The summed E-state index contributed by atoms with van der Waals surface area (Å²) in [5, 5.41) is 0. The van der Waals surface area contributed by atoms with E-state index in [1.54, 1.807) is 0 Å². The predicted octanol–water partition coefficient (Wildman–Crippen LogP) is 18.7. The molecule has 0 aliphatic carbocycles. The number of likely N-dealkylation sites (N-methyl/N-ethyl adjacent to an activating group) is 1. The summed E-state index contributed by atoms with van der Waals surface area (Å²) in [6, 6.07) is 0. The molecule has 1 N–H and O–H groups in total. The molecule has 0 heterocycles. The van der Waals surface area contributed by atoms with Crippen LogP contribution < -0.4 is 0 Å². The van der Waals surface area contributed by atoms with Crippen LogP contribution in [0.1, 0.15) is 206 Å². The average Bonchev–Trinajstić information content (AvgIpc) is 3.38. The van der Waals surface area contributed by atoms with Gasteiger partial charge in [-0.25, -0.2) is 4.57 Å². The van der Waals surface area contributed by atoms with E-state index in [0.717, 1.165) is 135 Å². The molecule has 76 heavy (non-hydrogen) atoms. The number of hydrogen-bond donors (Lipinski definition) is 1. The van der Waals surface area contributed by atoms with Gasteiger partial charge in [0.25, 0.3) is 0 Å². The van der Waals surface area contributed by atoms with Crippen LogP contribution in [0.15, 0.2) is 146 Å². The Morgan fingerprint density at radius 1 is 0.421 bits per heavy atom. The van der Waals surface area contributed by atoms with Gasteiger partial charge in [0.15, 0.2) is 6.10 Å². The summed E-state index contributed by atoms with van der Waals surface area (Å²) in [6.07, 6.45) is 82.1. The van der Waals surface area contributed by atoms with Gasteiger partial charge in [-0.3, -0.25) is 18.6 Å².